The average Bonchev–Trinajstić information content (AvgIpc) is 2.48. The molecule has 0 radical (unpaired) electrons. The van der Waals surface area contributed by atoms with Crippen molar-refractivity contribution in [2.24, 2.45) is 0 Å². The maximum Gasteiger partial charge on any atom is 0.246 e. The van der Waals surface area contributed by atoms with Gasteiger partial charge in [-0.1, -0.05) is 12.1 Å². The van der Waals surface area contributed by atoms with Crippen LogP contribution >= 0.6 is 0 Å². The summed E-state index contributed by atoms with van der Waals surface area (Å²) in [5.41, 5.74) is 0. The summed E-state index contributed by atoms with van der Waals surface area (Å²) < 4.78 is 45.1. The lowest BCUT2D eigenvalue weighted by molar-refractivity contribution is -0.129. The normalized spacial score (nSPS) is 20.2. The van der Waals surface area contributed by atoms with Gasteiger partial charge in [0.2, 0.25) is 15.9 Å². The Balaban J connectivity index is 2.36. The van der Waals surface area contributed by atoms with E-state index in [1.54, 1.807) is 6.92 Å². The van der Waals surface area contributed by atoms with Crippen LogP contribution < -0.4 is 5.32 Å². The molecule has 0 spiro atoms. The molecule has 2 rings (SSSR count). The number of rotatable bonds is 4. The second-order valence-corrected chi connectivity index (χ2v) is 6.39. The fourth-order valence-corrected chi connectivity index (χ4v) is 3.78. The highest BCUT2D eigenvalue weighted by atomic mass is 32.2. The Labute approximate surface area is 122 Å². The molecule has 1 aromatic rings. The highest BCUT2D eigenvalue weighted by Gasteiger charge is 2.39. The number of benzene rings is 1. The van der Waals surface area contributed by atoms with E-state index in [0.29, 0.717) is 6.54 Å². The fourth-order valence-electron chi connectivity index (χ4n) is 2.15. The number of ether oxygens (including phenoxy) is 1. The number of carbonyl (C=O) groups is 1. The summed E-state index contributed by atoms with van der Waals surface area (Å²) in [4.78, 5) is 11.6. The predicted octanol–water partition coefficient (Wildman–Crippen LogP) is 0.351. The minimum atomic E-state index is -4.09. The van der Waals surface area contributed by atoms with E-state index in [0.717, 1.165) is 10.4 Å². The second kappa shape index (κ2) is 6.50. The Morgan fingerprint density at radius 2 is 2.19 bits per heavy atom. The molecule has 1 fully saturated rings. The lowest BCUT2D eigenvalue weighted by Crippen LogP contribution is -2.55. The van der Waals surface area contributed by atoms with Gasteiger partial charge >= 0.3 is 0 Å². The molecule has 1 unspecified atom stereocenters. The molecule has 6 nitrogen and oxygen atoms in total. The number of hydrogen-bond donors (Lipinski definition) is 1. The first kappa shape index (κ1) is 15.9. The number of amides is 1. The Morgan fingerprint density at radius 1 is 1.48 bits per heavy atom. The molecule has 0 bridgehead atoms. The molecule has 8 heteroatoms. The molecular weight excluding hydrogens is 299 g/mol. The molecule has 0 aromatic heterocycles. The zero-order valence-electron chi connectivity index (χ0n) is 11.6. The van der Waals surface area contributed by atoms with Crippen LogP contribution in [0, 0.1) is 5.82 Å². The molecule has 1 atom stereocenters. The largest absolute Gasteiger partial charge is 0.378 e. The maximum absolute atomic E-state index is 13.8. The van der Waals surface area contributed by atoms with Crippen molar-refractivity contribution in [1.29, 1.82) is 0 Å². The number of carbonyl (C=O) groups excluding carboxylic acids is 1. The van der Waals surface area contributed by atoms with E-state index in [1.165, 1.54) is 18.2 Å². The molecular formula is C13H17FN2O4S. The Morgan fingerprint density at radius 3 is 2.86 bits per heavy atom. The summed E-state index contributed by atoms with van der Waals surface area (Å²) >= 11 is 0. The Kier molecular flexibility index (Phi) is 4.92. The quantitative estimate of drug-likeness (QED) is 0.870. The molecule has 1 N–H and O–H groups in total. The lowest BCUT2D eigenvalue weighted by Gasteiger charge is -2.33. The van der Waals surface area contributed by atoms with Gasteiger partial charge in [-0.3, -0.25) is 4.79 Å². The molecule has 1 amide bonds. The van der Waals surface area contributed by atoms with Gasteiger partial charge in [0.25, 0.3) is 0 Å². The van der Waals surface area contributed by atoms with Crippen LogP contribution in [0.5, 0.6) is 0 Å². The monoisotopic (exact) mass is 316 g/mol. The SMILES string of the molecule is CCNC(=O)C1COCCN1S(=O)(=O)c1ccccc1F. The van der Waals surface area contributed by atoms with Crippen molar-refractivity contribution in [3.8, 4) is 0 Å². The molecule has 1 heterocycles. The number of likely N-dealkylation sites (N-methyl/N-ethyl adjacent to an activating group) is 1. The second-order valence-electron chi connectivity index (χ2n) is 4.53. The van der Waals surface area contributed by atoms with Gasteiger partial charge in [0.15, 0.2) is 0 Å². The Bertz CT molecular complexity index is 620. The van der Waals surface area contributed by atoms with Crippen molar-refractivity contribution in [1.82, 2.24) is 9.62 Å². The molecule has 0 aliphatic carbocycles. The van der Waals surface area contributed by atoms with E-state index in [-0.39, 0.29) is 19.8 Å². The van der Waals surface area contributed by atoms with Gasteiger partial charge in [-0.25, -0.2) is 12.8 Å². The Hall–Kier alpha value is -1.51. The third-order valence-electron chi connectivity index (χ3n) is 3.16. The summed E-state index contributed by atoms with van der Waals surface area (Å²) in [7, 11) is -4.09. The van der Waals surface area contributed by atoms with Gasteiger partial charge in [-0.05, 0) is 19.1 Å². The summed E-state index contributed by atoms with van der Waals surface area (Å²) in [6.45, 7) is 2.25. The molecule has 1 aromatic carbocycles. The van der Waals surface area contributed by atoms with Crippen molar-refractivity contribution in [2.75, 3.05) is 26.3 Å². The van der Waals surface area contributed by atoms with Crippen LogP contribution in [0.2, 0.25) is 0 Å². The fraction of sp³-hybridized carbons (Fsp3) is 0.462. The lowest BCUT2D eigenvalue weighted by atomic mass is 10.2. The van der Waals surface area contributed by atoms with Gasteiger partial charge in [0.05, 0.1) is 13.2 Å². The molecule has 1 aliphatic rings. The first-order valence-electron chi connectivity index (χ1n) is 6.60. The van der Waals surface area contributed by atoms with Crippen LogP contribution in [0.4, 0.5) is 4.39 Å². The summed E-state index contributed by atoms with van der Waals surface area (Å²) in [6, 6.07) is 4.14. The molecule has 1 aliphatic heterocycles. The van der Waals surface area contributed by atoms with Crippen LogP contribution in [0.25, 0.3) is 0 Å². The van der Waals surface area contributed by atoms with E-state index >= 15 is 0 Å². The molecule has 116 valence electrons. The minimum Gasteiger partial charge on any atom is -0.378 e. The summed E-state index contributed by atoms with van der Waals surface area (Å²) in [5, 5.41) is 2.56. The third-order valence-corrected chi connectivity index (χ3v) is 5.10. The van der Waals surface area contributed by atoms with E-state index in [9.17, 15) is 17.6 Å². The van der Waals surface area contributed by atoms with Crippen molar-refractivity contribution in [2.45, 2.75) is 17.9 Å². The van der Waals surface area contributed by atoms with Crippen LogP contribution in [0.1, 0.15) is 6.92 Å². The maximum atomic E-state index is 13.8. The summed E-state index contributed by atoms with van der Waals surface area (Å²) in [6.07, 6.45) is 0. The molecule has 21 heavy (non-hydrogen) atoms. The molecule has 1 saturated heterocycles. The van der Waals surface area contributed by atoms with Gasteiger partial charge < -0.3 is 10.1 Å². The van der Waals surface area contributed by atoms with E-state index in [2.05, 4.69) is 5.32 Å². The van der Waals surface area contributed by atoms with Crippen molar-refractivity contribution < 1.29 is 22.3 Å². The van der Waals surface area contributed by atoms with Gasteiger partial charge in [0.1, 0.15) is 16.8 Å². The number of halogens is 1. The van der Waals surface area contributed by atoms with Crippen molar-refractivity contribution >= 4 is 15.9 Å². The van der Waals surface area contributed by atoms with Gasteiger partial charge in [0, 0.05) is 13.1 Å². The van der Waals surface area contributed by atoms with E-state index in [4.69, 9.17) is 4.74 Å². The van der Waals surface area contributed by atoms with Crippen LogP contribution in [-0.2, 0) is 19.6 Å². The zero-order valence-corrected chi connectivity index (χ0v) is 12.4. The van der Waals surface area contributed by atoms with E-state index < -0.39 is 32.7 Å². The number of sulfonamides is 1. The first-order valence-corrected chi connectivity index (χ1v) is 8.04. The number of nitrogens with one attached hydrogen (secondary N) is 1. The number of nitrogens with zero attached hydrogens (tertiary/aromatic N) is 1. The number of morpholine rings is 1. The topological polar surface area (TPSA) is 75.7 Å². The number of hydrogen-bond acceptors (Lipinski definition) is 4. The van der Waals surface area contributed by atoms with E-state index in [1.807, 2.05) is 0 Å². The minimum absolute atomic E-state index is 0.0124. The molecule has 0 saturated carbocycles. The zero-order chi connectivity index (χ0) is 15.5. The van der Waals surface area contributed by atoms with Crippen molar-refractivity contribution in [3.63, 3.8) is 0 Å². The highest BCUT2D eigenvalue weighted by Crippen LogP contribution is 2.22. The smallest absolute Gasteiger partial charge is 0.246 e. The van der Waals surface area contributed by atoms with Crippen molar-refractivity contribution in [3.05, 3.63) is 30.1 Å². The summed E-state index contributed by atoms with van der Waals surface area (Å²) in [5.74, 6) is -1.28. The van der Waals surface area contributed by atoms with Gasteiger partial charge in [-0.15, -0.1) is 0 Å². The van der Waals surface area contributed by atoms with Gasteiger partial charge in [-0.2, -0.15) is 4.31 Å². The average molecular weight is 316 g/mol. The van der Waals surface area contributed by atoms with Crippen LogP contribution in [0.15, 0.2) is 29.2 Å². The van der Waals surface area contributed by atoms with Crippen LogP contribution in [0.3, 0.4) is 0 Å². The first-order chi connectivity index (χ1) is 9.98. The highest BCUT2D eigenvalue weighted by molar-refractivity contribution is 7.89. The van der Waals surface area contributed by atoms with Crippen LogP contribution in [-0.4, -0.2) is 51.0 Å². The third kappa shape index (κ3) is 3.22. The standard InChI is InChI=1S/C13H17FN2O4S/c1-2-15-13(17)11-9-20-8-7-16(11)21(18,19)12-6-4-3-5-10(12)14/h3-6,11H,2,7-9H2,1H3,(H,15,17). The predicted molar refractivity (Wildman–Crippen MR) is 73.6 cm³/mol.